The van der Waals surface area contributed by atoms with Crippen LogP contribution in [0, 0.1) is 5.41 Å². The summed E-state index contributed by atoms with van der Waals surface area (Å²) < 4.78 is 49.9. The highest BCUT2D eigenvalue weighted by Gasteiger charge is 2.95. The van der Waals surface area contributed by atoms with E-state index in [-0.39, 0.29) is 31.9 Å². The maximum atomic E-state index is 12.5. The normalized spacial score (nSPS) is 33.0. The van der Waals surface area contributed by atoms with Crippen molar-refractivity contribution in [2.45, 2.75) is 18.3 Å². The highest BCUT2D eigenvalue weighted by Crippen LogP contribution is 2.74. The molecule has 2 aliphatic rings. The Bertz CT molecular complexity index is 184. The minimum absolute atomic E-state index is 0. The van der Waals surface area contributed by atoms with Crippen molar-refractivity contribution < 1.29 is 17.6 Å². The van der Waals surface area contributed by atoms with Crippen LogP contribution in [-0.2, 0) is 0 Å². The molecule has 0 bridgehead atoms. The van der Waals surface area contributed by atoms with Crippen molar-refractivity contribution >= 4 is 12.4 Å². The van der Waals surface area contributed by atoms with Crippen LogP contribution in [0.1, 0.15) is 6.42 Å². The second-order valence-electron chi connectivity index (χ2n) is 3.16. The fourth-order valence-corrected chi connectivity index (χ4v) is 1.75. The molecule has 0 aromatic rings. The molecule has 0 atom stereocenters. The molecule has 1 saturated carbocycles. The lowest BCUT2D eigenvalue weighted by molar-refractivity contribution is -0.0278. The van der Waals surface area contributed by atoms with Crippen LogP contribution in [0.4, 0.5) is 17.6 Å². The first-order chi connectivity index (χ1) is 4.96. The fourth-order valence-electron chi connectivity index (χ4n) is 1.75. The summed E-state index contributed by atoms with van der Waals surface area (Å²) in [6, 6.07) is 0. The zero-order valence-corrected chi connectivity index (χ0v) is 6.86. The average molecular weight is 206 g/mol. The summed E-state index contributed by atoms with van der Waals surface area (Å²) in [6.45, 7) is 0.0121. The molecule has 1 heterocycles. The van der Waals surface area contributed by atoms with Gasteiger partial charge in [0.15, 0.2) is 0 Å². The van der Waals surface area contributed by atoms with E-state index in [1.54, 1.807) is 0 Å². The van der Waals surface area contributed by atoms with E-state index >= 15 is 0 Å². The molecular formula is C6H8ClF4N. The first kappa shape index (κ1) is 10.1. The second-order valence-corrected chi connectivity index (χ2v) is 3.16. The molecule has 6 heteroatoms. The summed E-state index contributed by atoms with van der Waals surface area (Å²) in [5, 5.41) is 2.53. The molecule has 2 rings (SSSR count). The molecule has 1 N–H and O–H groups in total. The second kappa shape index (κ2) is 2.26. The molecule has 1 spiro atoms. The fraction of sp³-hybridized carbons (Fsp3) is 1.00. The summed E-state index contributed by atoms with van der Waals surface area (Å²) in [4.78, 5) is 0. The van der Waals surface area contributed by atoms with Crippen molar-refractivity contribution in [3.05, 3.63) is 0 Å². The summed E-state index contributed by atoms with van der Waals surface area (Å²) in [5.74, 6) is -7.55. The minimum atomic E-state index is -3.77. The van der Waals surface area contributed by atoms with E-state index in [9.17, 15) is 17.6 Å². The Kier molecular flexibility index (Phi) is 1.89. The molecule has 0 radical (unpaired) electrons. The maximum Gasteiger partial charge on any atom is 0.323 e. The first-order valence-corrected chi connectivity index (χ1v) is 3.42. The van der Waals surface area contributed by atoms with Crippen LogP contribution in [0.15, 0.2) is 0 Å². The van der Waals surface area contributed by atoms with E-state index in [1.165, 1.54) is 0 Å². The molecule has 1 aliphatic heterocycles. The summed E-state index contributed by atoms with van der Waals surface area (Å²) >= 11 is 0. The predicted octanol–water partition coefficient (Wildman–Crippen LogP) is 1.67. The Morgan fingerprint density at radius 2 is 1.50 bits per heavy atom. The zero-order valence-electron chi connectivity index (χ0n) is 6.04. The van der Waals surface area contributed by atoms with Gasteiger partial charge in [-0.25, -0.2) is 0 Å². The third kappa shape index (κ3) is 0.695. The van der Waals surface area contributed by atoms with E-state index in [4.69, 9.17) is 0 Å². The van der Waals surface area contributed by atoms with Gasteiger partial charge >= 0.3 is 11.8 Å². The maximum absolute atomic E-state index is 12.5. The Labute approximate surface area is 72.9 Å². The molecule has 0 aromatic heterocycles. The Morgan fingerprint density at radius 1 is 1.00 bits per heavy atom. The molecule has 12 heavy (non-hydrogen) atoms. The van der Waals surface area contributed by atoms with Gasteiger partial charge in [0.05, 0.1) is 0 Å². The third-order valence-electron chi connectivity index (χ3n) is 2.69. The van der Waals surface area contributed by atoms with Crippen molar-refractivity contribution in [1.82, 2.24) is 5.32 Å². The van der Waals surface area contributed by atoms with Gasteiger partial charge in [-0.3, -0.25) is 0 Å². The van der Waals surface area contributed by atoms with Crippen LogP contribution in [0.5, 0.6) is 0 Å². The third-order valence-corrected chi connectivity index (χ3v) is 2.69. The van der Waals surface area contributed by atoms with Crippen LogP contribution >= 0.6 is 12.4 Å². The van der Waals surface area contributed by atoms with E-state index in [1.807, 2.05) is 0 Å². The first-order valence-electron chi connectivity index (χ1n) is 3.42. The number of rotatable bonds is 0. The lowest BCUT2D eigenvalue weighted by Crippen LogP contribution is -2.16. The molecule has 0 unspecified atom stereocenters. The van der Waals surface area contributed by atoms with Gasteiger partial charge < -0.3 is 5.32 Å². The standard InChI is InChI=1S/C6H7F4N.ClH/c7-5(8)4(6(5,9)10)1-2-11-3-4;/h11H,1-3H2;1H. The van der Waals surface area contributed by atoms with Crippen molar-refractivity contribution in [1.29, 1.82) is 0 Å². The van der Waals surface area contributed by atoms with Gasteiger partial charge in [-0.2, -0.15) is 17.6 Å². The number of halogens is 5. The number of nitrogens with one attached hydrogen (secondary N) is 1. The Hall–Kier alpha value is -0.0300. The van der Waals surface area contributed by atoms with Crippen LogP contribution in [0.2, 0.25) is 0 Å². The molecule has 1 aliphatic carbocycles. The van der Waals surface area contributed by atoms with Crippen molar-refractivity contribution in [2.24, 2.45) is 5.41 Å². The van der Waals surface area contributed by atoms with Gasteiger partial charge in [0, 0.05) is 6.54 Å². The van der Waals surface area contributed by atoms with Gasteiger partial charge in [-0.1, -0.05) is 0 Å². The molecule has 72 valence electrons. The van der Waals surface area contributed by atoms with Crippen molar-refractivity contribution in [3.8, 4) is 0 Å². The number of hydrogen-bond acceptors (Lipinski definition) is 1. The van der Waals surface area contributed by atoms with Gasteiger partial charge in [0.1, 0.15) is 5.41 Å². The van der Waals surface area contributed by atoms with Crippen molar-refractivity contribution in [3.63, 3.8) is 0 Å². The summed E-state index contributed by atoms with van der Waals surface area (Å²) in [5.41, 5.74) is -2.04. The van der Waals surface area contributed by atoms with Gasteiger partial charge in [0.2, 0.25) is 0 Å². The van der Waals surface area contributed by atoms with Crippen LogP contribution < -0.4 is 5.32 Å². The highest BCUT2D eigenvalue weighted by atomic mass is 35.5. The van der Waals surface area contributed by atoms with Crippen molar-refractivity contribution in [2.75, 3.05) is 13.1 Å². The van der Waals surface area contributed by atoms with E-state index in [0.717, 1.165) is 0 Å². The monoisotopic (exact) mass is 205 g/mol. The SMILES string of the molecule is Cl.FC1(F)C(F)(F)C12CCNC2. The minimum Gasteiger partial charge on any atom is -0.316 e. The van der Waals surface area contributed by atoms with Gasteiger partial charge in [0.25, 0.3) is 0 Å². The molecule has 0 amide bonds. The summed E-state index contributed by atoms with van der Waals surface area (Å²) in [6.07, 6.45) is -0.118. The predicted molar refractivity (Wildman–Crippen MR) is 37.1 cm³/mol. The lowest BCUT2D eigenvalue weighted by atomic mass is 10.1. The summed E-state index contributed by atoms with van der Waals surface area (Å²) in [7, 11) is 0. The quantitative estimate of drug-likeness (QED) is 0.594. The molecule has 1 nitrogen and oxygen atoms in total. The number of hydrogen-bond donors (Lipinski definition) is 1. The lowest BCUT2D eigenvalue weighted by Gasteiger charge is -2.00. The van der Waals surface area contributed by atoms with E-state index < -0.39 is 17.3 Å². The molecule has 1 saturated heterocycles. The Morgan fingerprint density at radius 3 is 1.67 bits per heavy atom. The van der Waals surface area contributed by atoms with Crippen LogP contribution in [0.3, 0.4) is 0 Å². The van der Waals surface area contributed by atoms with E-state index in [2.05, 4.69) is 5.32 Å². The Balaban J connectivity index is 0.000000720. The average Bonchev–Trinajstić information content (AvgIpc) is 2.41. The number of alkyl halides is 4. The van der Waals surface area contributed by atoms with Gasteiger partial charge in [-0.15, -0.1) is 12.4 Å². The molecular weight excluding hydrogens is 198 g/mol. The smallest absolute Gasteiger partial charge is 0.316 e. The van der Waals surface area contributed by atoms with E-state index in [0.29, 0.717) is 0 Å². The van der Waals surface area contributed by atoms with Gasteiger partial charge in [-0.05, 0) is 13.0 Å². The molecule has 2 fully saturated rings. The van der Waals surface area contributed by atoms with Crippen LogP contribution in [-0.4, -0.2) is 24.9 Å². The largest absolute Gasteiger partial charge is 0.323 e. The zero-order chi connectivity index (χ0) is 8.33. The highest BCUT2D eigenvalue weighted by molar-refractivity contribution is 5.85. The molecule has 0 aromatic carbocycles. The van der Waals surface area contributed by atoms with Crippen LogP contribution in [0.25, 0.3) is 0 Å². The topological polar surface area (TPSA) is 12.0 Å².